The van der Waals surface area contributed by atoms with Crippen LogP contribution in [0.5, 0.6) is 0 Å². The maximum atomic E-state index is 13.1. The number of hydrogen-bond donors (Lipinski definition) is 0. The van der Waals surface area contributed by atoms with Gasteiger partial charge >= 0.3 is 6.18 Å². The molecular weight excluding hydrogens is 531 g/mol. The molecule has 0 amide bonds. The summed E-state index contributed by atoms with van der Waals surface area (Å²) in [5, 5.41) is 4.33. The maximum Gasteiger partial charge on any atom is 0.416 e. The first-order chi connectivity index (χ1) is 17.4. The van der Waals surface area contributed by atoms with Crippen LogP contribution in [0.4, 0.5) is 13.2 Å². The van der Waals surface area contributed by atoms with Crippen molar-refractivity contribution in [3.63, 3.8) is 0 Å². The van der Waals surface area contributed by atoms with Crippen molar-refractivity contribution in [2.75, 3.05) is 32.7 Å². The second-order valence-corrected chi connectivity index (χ2v) is 11.2. The molecule has 0 unspecified atom stereocenters. The molecule has 200 valence electrons. The lowest BCUT2D eigenvalue weighted by atomic mass is 10.1. The molecule has 2 aromatic carbocycles. The van der Waals surface area contributed by atoms with E-state index in [-0.39, 0.29) is 17.3 Å². The van der Waals surface area contributed by atoms with Crippen molar-refractivity contribution in [3.05, 3.63) is 81.7 Å². The van der Waals surface area contributed by atoms with Gasteiger partial charge in [-0.3, -0.25) is 4.90 Å². The number of piperazine rings is 1. The first kappa shape index (κ1) is 27.6. The van der Waals surface area contributed by atoms with Crippen LogP contribution in [-0.4, -0.2) is 55.5 Å². The minimum Gasteiger partial charge on any atom is -0.368 e. The van der Waals surface area contributed by atoms with E-state index in [2.05, 4.69) is 10.1 Å². The highest BCUT2D eigenvalue weighted by molar-refractivity contribution is 7.89. The summed E-state index contributed by atoms with van der Waals surface area (Å²) in [5.41, 5.74) is 1.10. The number of alkyl halides is 3. The Morgan fingerprint density at radius 1 is 1.03 bits per heavy atom. The Morgan fingerprint density at radius 2 is 1.65 bits per heavy atom. The fraction of sp³-hybridized carbons (Fsp3) is 0.400. The molecule has 0 aliphatic carbocycles. The molecule has 7 nitrogen and oxygen atoms in total. The molecule has 0 bridgehead atoms. The molecule has 12 heteroatoms. The number of hydrogen-bond acceptors (Lipinski definition) is 6. The van der Waals surface area contributed by atoms with Crippen LogP contribution in [0.3, 0.4) is 0 Å². The van der Waals surface area contributed by atoms with E-state index in [1.54, 1.807) is 26.0 Å². The highest BCUT2D eigenvalue weighted by atomic mass is 35.5. The number of sulfonamides is 1. The average Bonchev–Trinajstić information content (AvgIpc) is 3.21. The van der Waals surface area contributed by atoms with E-state index in [0.29, 0.717) is 49.0 Å². The van der Waals surface area contributed by atoms with Crippen molar-refractivity contribution >= 4 is 21.6 Å². The third-order valence-corrected chi connectivity index (χ3v) is 8.69. The molecular formula is C25H27ClF3N3O4S. The van der Waals surface area contributed by atoms with Crippen molar-refractivity contribution < 1.29 is 30.8 Å². The predicted molar refractivity (Wildman–Crippen MR) is 132 cm³/mol. The van der Waals surface area contributed by atoms with Gasteiger partial charge in [-0.1, -0.05) is 41.0 Å². The fourth-order valence-corrected chi connectivity index (χ4v) is 6.12. The second kappa shape index (κ2) is 11.1. The van der Waals surface area contributed by atoms with Gasteiger partial charge in [0.05, 0.1) is 18.3 Å². The van der Waals surface area contributed by atoms with Crippen LogP contribution in [0.25, 0.3) is 0 Å². The Labute approximate surface area is 218 Å². The normalized spacial score (nSPS) is 16.7. The molecule has 37 heavy (non-hydrogen) atoms. The van der Waals surface area contributed by atoms with Gasteiger partial charge in [0, 0.05) is 37.7 Å². The zero-order valence-corrected chi connectivity index (χ0v) is 21.9. The topological polar surface area (TPSA) is 75.9 Å². The van der Waals surface area contributed by atoms with E-state index in [4.69, 9.17) is 20.9 Å². The van der Waals surface area contributed by atoms with Gasteiger partial charge in [0.1, 0.15) is 10.6 Å². The van der Waals surface area contributed by atoms with Gasteiger partial charge in [0.25, 0.3) is 0 Å². The molecule has 1 aliphatic heterocycles. The van der Waals surface area contributed by atoms with Crippen LogP contribution in [0.1, 0.15) is 34.2 Å². The molecule has 1 aliphatic rings. The lowest BCUT2D eigenvalue weighted by Crippen LogP contribution is -2.49. The summed E-state index contributed by atoms with van der Waals surface area (Å²) < 4.78 is 77.5. The smallest absolute Gasteiger partial charge is 0.368 e. The Kier molecular flexibility index (Phi) is 8.29. The summed E-state index contributed by atoms with van der Waals surface area (Å²) in [6.45, 7) is 5.31. The molecule has 0 saturated carbocycles. The lowest BCUT2D eigenvalue weighted by Gasteiger charge is -2.35. The summed E-state index contributed by atoms with van der Waals surface area (Å²) in [6.07, 6.45) is -4.79. The third kappa shape index (κ3) is 6.53. The van der Waals surface area contributed by atoms with E-state index in [1.807, 2.05) is 12.1 Å². The molecule has 4 rings (SSSR count). The number of aromatic nitrogens is 1. The molecule has 3 aromatic rings. The fourth-order valence-electron chi connectivity index (χ4n) is 4.28. The molecule has 1 saturated heterocycles. The molecule has 2 heterocycles. The van der Waals surface area contributed by atoms with Gasteiger partial charge in [-0.2, -0.15) is 17.5 Å². The van der Waals surface area contributed by atoms with Crippen molar-refractivity contribution in [2.24, 2.45) is 0 Å². The highest BCUT2D eigenvalue weighted by Gasteiger charge is 2.34. The third-order valence-electron chi connectivity index (χ3n) is 6.30. The van der Waals surface area contributed by atoms with Gasteiger partial charge in [-0.05, 0) is 49.2 Å². The predicted octanol–water partition coefficient (Wildman–Crippen LogP) is 5.23. The monoisotopic (exact) mass is 557 g/mol. The number of ether oxygens (including phenoxy) is 1. The molecule has 1 aromatic heterocycles. The van der Waals surface area contributed by atoms with Crippen LogP contribution in [0.15, 0.2) is 57.9 Å². The van der Waals surface area contributed by atoms with Crippen LogP contribution >= 0.6 is 11.6 Å². The molecule has 1 fully saturated rings. The van der Waals surface area contributed by atoms with E-state index in [9.17, 15) is 21.6 Å². The Bertz CT molecular complexity index is 1280. The number of rotatable bonds is 8. The van der Waals surface area contributed by atoms with Crippen LogP contribution < -0.4 is 0 Å². The zero-order valence-electron chi connectivity index (χ0n) is 20.3. The van der Waals surface area contributed by atoms with Gasteiger partial charge < -0.3 is 9.26 Å². The summed E-state index contributed by atoms with van der Waals surface area (Å²) in [4.78, 5) is 2.21. The maximum absolute atomic E-state index is 13.1. The Morgan fingerprint density at radius 3 is 2.19 bits per heavy atom. The van der Waals surface area contributed by atoms with Gasteiger partial charge in [-0.25, -0.2) is 8.42 Å². The number of aryl methyl sites for hydroxylation is 2. The molecule has 1 atom stereocenters. The van der Waals surface area contributed by atoms with Gasteiger partial charge in [-0.15, -0.1) is 0 Å². The van der Waals surface area contributed by atoms with E-state index in [1.165, 1.54) is 16.4 Å². The zero-order chi connectivity index (χ0) is 26.8. The largest absolute Gasteiger partial charge is 0.416 e. The van der Waals surface area contributed by atoms with Crippen LogP contribution in [0, 0.1) is 13.8 Å². The van der Waals surface area contributed by atoms with Crippen molar-refractivity contribution in [1.82, 2.24) is 14.4 Å². The minimum atomic E-state index is -4.40. The highest BCUT2D eigenvalue weighted by Crippen LogP contribution is 2.30. The SMILES string of the molecule is Cc1noc(C)c1S(=O)(=O)N1CCN(C[C@@H](OCc2ccc(C(F)(F)F)cc2)c2ccc(Cl)cc2)CC1. The summed E-state index contributed by atoms with van der Waals surface area (Å²) in [6, 6.07) is 12.1. The first-order valence-electron chi connectivity index (χ1n) is 11.6. The van der Waals surface area contributed by atoms with Crippen molar-refractivity contribution in [2.45, 2.75) is 37.6 Å². The standard InChI is InChI=1S/C25H27ClF3N3O4S/c1-17-24(18(2)36-30-17)37(33,34)32-13-11-31(12-14-32)15-23(20-5-9-22(26)10-6-20)35-16-19-3-7-21(8-4-19)25(27,28)29/h3-10,23H,11-16H2,1-2H3/t23-/m1/s1. The van der Waals surface area contributed by atoms with Crippen LogP contribution in [0.2, 0.25) is 5.02 Å². The molecule has 0 N–H and O–H groups in total. The van der Waals surface area contributed by atoms with Crippen molar-refractivity contribution in [3.8, 4) is 0 Å². The molecule has 0 radical (unpaired) electrons. The second-order valence-electron chi connectivity index (χ2n) is 8.90. The first-order valence-corrected chi connectivity index (χ1v) is 13.5. The van der Waals surface area contributed by atoms with E-state index < -0.39 is 27.9 Å². The van der Waals surface area contributed by atoms with Crippen LogP contribution in [-0.2, 0) is 27.5 Å². The summed E-state index contributed by atoms with van der Waals surface area (Å²) >= 11 is 6.04. The summed E-state index contributed by atoms with van der Waals surface area (Å²) in [5.74, 6) is 0.263. The van der Waals surface area contributed by atoms with Crippen molar-refractivity contribution in [1.29, 1.82) is 0 Å². The average molecular weight is 558 g/mol. The van der Waals surface area contributed by atoms with E-state index in [0.717, 1.165) is 17.7 Å². The summed E-state index contributed by atoms with van der Waals surface area (Å²) in [7, 11) is -3.72. The number of benzene rings is 2. The van der Waals surface area contributed by atoms with Gasteiger partial charge in [0.15, 0.2) is 5.76 Å². The lowest BCUT2D eigenvalue weighted by molar-refractivity contribution is -0.137. The Hall–Kier alpha value is -2.44. The molecule has 0 spiro atoms. The number of nitrogens with zero attached hydrogens (tertiary/aromatic N) is 3. The van der Waals surface area contributed by atoms with Gasteiger partial charge in [0.2, 0.25) is 10.0 Å². The van der Waals surface area contributed by atoms with E-state index >= 15 is 0 Å². The minimum absolute atomic E-state index is 0.111. The quantitative estimate of drug-likeness (QED) is 0.378. The Balaban J connectivity index is 1.42. The number of halogens is 4.